The lowest BCUT2D eigenvalue weighted by molar-refractivity contribution is 0.196. The van der Waals surface area contributed by atoms with Gasteiger partial charge in [0.2, 0.25) is 0 Å². The number of ether oxygens (including phenoxy) is 1. The van der Waals surface area contributed by atoms with Crippen molar-refractivity contribution in [3.05, 3.63) is 35.4 Å². The second kappa shape index (κ2) is 6.85. The van der Waals surface area contributed by atoms with Gasteiger partial charge in [-0.25, -0.2) is 4.79 Å². The summed E-state index contributed by atoms with van der Waals surface area (Å²) in [4.78, 5) is 11.3. The predicted molar refractivity (Wildman–Crippen MR) is 63.3 cm³/mol. The highest BCUT2D eigenvalue weighted by Gasteiger charge is 1.99. The van der Waals surface area contributed by atoms with Crippen molar-refractivity contribution in [2.24, 2.45) is 0 Å². The normalized spacial score (nSPS) is 9.88. The van der Waals surface area contributed by atoms with Gasteiger partial charge < -0.3 is 15.4 Å². The van der Waals surface area contributed by atoms with E-state index < -0.39 is 0 Å². The molecule has 88 valence electrons. The molecule has 0 atom stereocenters. The molecule has 16 heavy (non-hydrogen) atoms. The van der Waals surface area contributed by atoms with Gasteiger partial charge in [0, 0.05) is 20.2 Å². The molecule has 4 heteroatoms. The lowest BCUT2D eigenvalue weighted by atomic mass is 10.1. The van der Waals surface area contributed by atoms with E-state index >= 15 is 0 Å². The largest absolute Gasteiger partial charge is 0.383 e. The molecule has 4 nitrogen and oxygen atoms in total. The van der Waals surface area contributed by atoms with Gasteiger partial charge in [0.1, 0.15) is 0 Å². The van der Waals surface area contributed by atoms with Crippen LogP contribution < -0.4 is 10.6 Å². The molecule has 0 bridgehead atoms. The molecule has 2 amide bonds. The van der Waals surface area contributed by atoms with Gasteiger partial charge in [-0.15, -0.1) is 0 Å². The third kappa shape index (κ3) is 4.79. The van der Waals surface area contributed by atoms with Crippen LogP contribution in [0.3, 0.4) is 0 Å². The van der Waals surface area contributed by atoms with E-state index in [1.54, 1.807) is 7.11 Å². The lowest BCUT2D eigenvalue weighted by Crippen LogP contribution is -2.36. The first-order valence-corrected chi connectivity index (χ1v) is 5.28. The van der Waals surface area contributed by atoms with Crippen molar-refractivity contribution in [1.29, 1.82) is 0 Å². The van der Waals surface area contributed by atoms with E-state index in [0.29, 0.717) is 19.7 Å². The van der Waals surface area contributed by atoms with Crippen molar-refractivity contribution >= 4 is 6.03 Å². The fourth-order valence-corrected chi connectivity index (χ4v) is 1.33. The van der Waals surface area contributed by atoms with E-state index in [4.69, 9.17) is 4.74 Å². The van der Waals surface area contributed by atoms with Crippen LogP contribution in [0.25, 0.3) is 0 Å². The van der Waals surface area contributed by atoms with E-state index in [2.05, 4.69) is 16.7 Å². The molecular weight excluding hydrogens is 204 g/mol. The number of nitrogens with one attached hydrogen (secondary N) is 2. The summed E-state index contributed by atoms with van der Waals surface area (Å²) in [6.07, 6.45) is 0. The third-order valence-corrected chi connectivity index (χ3v) is 2.13. The average molecular weight is 222 g/mol. The van der Waals surface area contributed by atoms with Gasteiger partial charge in [-0.05, 0) is 12.5 Å². The molecule has 2 N–H and O–H groups in total. The van der Waals surface area contributed by atoms with Gasteiger partial charge in [-0.2, -0.15) is 0 Å². The number of benzene rings is 1. The fraction of sp³-hybridized carbons (Fsp3) is 0.417. The van der Waals surface area contributed by atoms with Crippen LogP contribution in [0, 0.1) is 6.92 Å². The van der Waals surface area contributed by atoms with Gasteiger partial charge in [-0.1, -0.05) is 29.8 Å². The Labute approximate surface area is 96.0 Å². The Morgan fingerprint density at radius 3 is 2.88 bits per heavy atom. The second-order valence-corrected chi connectivity index (χ2v) is 3.59. The predicted octanol–water partition coefficient (Wildman–Crippen LogP) is 1.44. The summed E-state index contributed by atoms with van der Waals surface area (Å²) in [5.41, 5.74) is 2.29. The minimum atomic E-state index is -0.168. The molecule has 0 saturated heterocycles. The highest BCUT2D eigenvalue weighted by atomic mass is 16.5. The lowest BCUT2D eigenvalue weighted by Gasteiger charge is -2.07. The van der Waals surface area contributed by atoms with Crippen molar-refractivity contribution in [2.75, 3.05) is 20.3 Å². The van der Waals surface area contributed by atoms with Crippen LogP contribution >= 0.6 is 0 Å². The Morgan fingerprint density at radius 1 is 1.38 bits per heavy atom. The quantitative estimate of drug-likeness (QED) is 0.741. The topological polar surface area (TPSA) is 50.4 Å². The van der Waals surface area contributed by atoms with Crippen LogP contribution in [0.15, 0.2) is 24.3 Å². The molecule has 0 aliphatic rings. The van der Waals surface area contributed by atoms with Gasteiger partial charge in [0.25, 0.3) is 0 Å². The number of carbonyl (C=O) groups is 1. The SMILES string of the molecule is COCCNC(=O)NCc1cccc(C)c1. The van der Waals surface area contributed by atoms with Crippen LogP contribution in [-0.4, -0.2) is 26.3 Å². The molecule has 0 fully saturated rings. The van der Waals surface area contributed by atoms with E-state index in [-0.39, 0.29) is 6.03 Å². The number of aryl methyl sites for hydroxylation is 1. The molecule has 1 aromatic rings. The molecule has 0 saturated carbocycles. The van der Waals surface area contributed by atoms with Crippen molar-refractivity contribution in [1.82, 2.24) is 10.6 Å². The number of methoxy groups -OCH3 is 1. The number of amides is 2. The minimum Gasteiger partial charge on any atom is -0.383 e. The molecule has 0 aromatic heterocycles. The molecule has 0 aliphatic carbocycles. The molecule has 1 rings (SSSR count). The number of rotatable bonds is 5. The number of urea groups is 1. The molecule has 0 spiro atoms. The first-order valence-electron chi connectivity index (χ1n) is 5.28. The Morgan fingerprint density at radius 2 is 2.19 bits per heavy atom. The Kier molecular flexibility index (Phi) is 5.36. The number of hydrogen-bond donors (Lipinski definition) is 2. The van der Waals surface area contributed by atoms with Crippen LogP contribution in [0.2, 0.25) is 0 Å². The zero-order chi connectivity index (χ0) is 11.8. The zero-order valence-corrected chi connectivity index (χ0v) is 9.75. The van der Waals surface area contributed by atoms with Crippen LogP contribution in [0.1, 0.15) is 11.1 Å². The van der Waals surface area contributed by atoms with Gasteiger partial charge in [0.05, 0.1) is 6.61 Å². The zero-order valence-electron chi connectivity index (χ0n) is 9.75. The summed E-state index contributed by atoms with van der Waals surface area (Å²) in [5, 5.41) is 5.47. The summed E-state index contributed by atoms with van der Waals surface area (Å²) < 4.78 is 4.83. The summed E-state index contributed by atoms with van der Waals surface area (Å²) in [6.45, 7) is 3.62. The number of carbonyl (C=O) groups excluding carboxylic acids is 1. The highest BCUT2D eigenvalue weighted by Crippen LogP contribution is 2.02. The van der Waals surface area contributed by atoms with Gasteiger partial charge >= 0.3 is 6.03 Å². The smallest absolute Gasteiger partial charge is 0.315 e. The summed E-state index contributed by atoms with van der Waals surface area (Å²) in [6, 6.07) is 7.88. The van der Waals surface area contributed by atoms with Crippen molar-refractivity contribution in [3.63, 3.8) is 0 Å². The molecular formula is C12H18N2O2. The maximum Gasteiger partial charge on any atom is 0.315 e. The Bertz CT molecular complexity index is 340. The number of hydrogen-bond acceptors (Lipinski definition) is 2. The fourth-order valence-electron chi connectivity index (χ4n) is 1.33. The van der Waals surface area contributed by atoms with Crippen molar-refractivity contribution in [3.8, 4) is 0 Å². The maximum absolute atomic E-state index is 11.3. The molecule has 0 radical (unpaired) electrons. The van der Waals surface area contributed by atoms with Gasteiger partial charge in [0.15, 0.2) is 0 Å². The summed E-state index contributed by atoms with van der Waals surface area (Å²) in [7, 11) is 1.60. The van der Waals surface area contributed by atoms with E-state index in [1.165, 1.54) is 5.56 Å². The average Bonchev–Trinajstić information content (AvgIpc) is 2.27. The van der Waals surface area contributed by atoms with Crippen molar-refractivity contribution < 1.29 is 9.53 Å². The maximum atomic E-state index is 11.3. The first kappa shape index (κ1) is 12.5. The summed E-state index contributed by atoms with van der Waals surface area (Å²) >= 11 is 0. The molecule has 0 aliphatic heterocycles. The van der Waals surface area contributed by atoms with Crippen LogP contribution in [0.5, 0.6) is 0 Å². The van der Waals surface area contributed by atoms with Crippen LogP contribution in [0.4, 0.5) is 4.79 Å². The minimum absolute atomic E-state index is 0.168. The van der Waals surface area contributed by atoms with E-state index in [0.717, 1.165) is 5.56 Å². The third-order valence-electron chi connectivity index (χ3n) is 2.13. The molecule has 0 unspecified atom stereocenters. The van der Waals surface area contributed by atoms with Crippen LogP contribution in [-0.2, 0) is 11.3 Å². The second-order valence-electron chi connectivity index (χ2n) is 3.59. The first-order chi connectivity index (χ1) is 7.72. The molecule has 1 aromatic carbocycles. The molecule has 0 heterocycles. The van der Waals surface area contributed by atoms with E-state index in [1.807, 2.05) is 25.1 Å². The van der Waals surface area contributed by atoms with E-state index in [9.17, 15) is 4.79 Å². The van der Waals surface area contributed by atoms with Crippen molar-refractivity contribution in [2.45, 2.75) is 13.5 Å². The van der Waals surface area contributed by atoms with Gasteiger partial charge in [-0.3, -0.25) is 0 Å². The standard InChI is InChI=1S/C12H18N2O2/c1-10-4-3-5-11(8-10)9-14-12(15)13-6-7-16-2/h3-5,8H,6-7,9H2,1-2H3,(H2,13,14,15). The summed E-state index contributed by atoms with van der Waals surface area (Å²) in [5.74, 6) is 0. The monoisotopic (exact) mass is 222 g/mol. The Hall–Kier alpha value is -1.55. The Balaban J connectivity index is 2.26. The highest BCUT2D eigenvalue weighted by molar-refractivity contribution is 5.73.